The first-order chi connectivity index (χ1) is 7.65. The molecule has 0 saturated heterocycles. The van der Waals surface area contributed by atoms with Crippen molar-refractivity contribution in [2.75, 3.05) is 14.2 Å². The summed E-state index contributed by atoms with van der Waals surface area (Å²) in [6.45, 7) is 0. The maximum absolute atomic E-state index is 9.78. The monoisotopic (exact) mass is 222 g/mol. The molecule has 3 nitrogen and oxygen atoms in total. The molecule has 0 bridgehead atoms. The molecule has 0 radical (unpaired) electrons. The van der Waals surface area contributed by atoms with Crippen LogP contribution in [0.5, 0.6) is 11.5 Å². The summed E-state index contributed by atoms with van der Waals surface area (Å²) in [6, 6.07) is 5.85. The van der Waals surface area contributed by atoms with Crippen LogP contribution in [0.3, 0.4) is 0 Å². The predicted molar refractivity (Wildman–Crippen MR) is 62.1 cm³/mol. The van der Waals surface area contributed by atoms with Gasteiger partial charge in [-0.25, -0.2) is 0 Å². The van der Waals surface area contributed by atoms with E-state index >= 15 is 0 Å². The van der Waals surface area contributed by atoms with E-state index in [1.165, 1.54) is 0 Å². The lowest BCUT2D eigenvalue weighted by Gasteiger charge is -2.10. The summed E-state index contributed by atoms with van der Waals surface area (Å²) in [5.41, 5.74) is 0.757. The minimum absolute atomic E-state index is 0.393. The first kappa shape index (κ1) is 11.3. The molecule has 1 aliphatic rings. The van der Waals surface area contributed by atoms with Gasteiger partial charge < -0.3 is 14.6 Å². The molecule has 88 valence electrons. The van der Waals surface area contributed by atoms with Crippen LogP contribution in [0.15, 0.2) is 18.2 Å². The van der Waals surface area contributed by atoms with Gasteiger partial charge in [-0.05, 0) is 43.4 Å². The van der Waals surface area contributed by atoms with Gasteiger partial charge in [0.25, 0.3) is 0 Å². The summed E-state index contributed by atoms with van der Waals surface area (Å²) in [5.74, 6) is 1.61. The van der Waals surface area contributed by atoms with Gasteiger partial charge >= 0.3 is 0 Å². The molecule has 1 N–H and O–H groups in total. The van der Waals surface area contributed by atoms with Gasteiger partial charge in [0, 0.05) is 6.07 Å². The Kier molecular flexibility index (Phi) is 3.06. The van der Waals surface area contributed by atoms with Gasteiger partial charge in [-0.3, -0.25) is 0 Å². The Morgan fingerprint density at radius 2 is 1.69 bits per heavy atom. The van der Waals surface area contributed by atoms with Crippen LogP contribution < -0.4 is 9.47 Å². The number of aryl methyl sites for hydroxylation is 1. The third-order valence-electron chi connectivity index (χ3n) is 3.12. The molecule has 16 heavy (non-hydrogen) atoms. The number of methoxy groups -OCH3 is 2. The third-order valence-corrected chi connectivity index (χ3v) is 3.12. The SMILES string of the molecule is COc1cc(CCC2(O)CC2)cc(OC)c1. The lowest BCUT2D eigenvalue weighted by Crippen LogP contribution is -2.07. The van der Waals surface area contributed by atoms with Crippen LogP contribution in [0.2, 0.25) is 0 Å². The molecule has 0 aromatic heterocycles. The van der Waals surface area contributed by atoms with Crippen LogP contribution in [0, 0.1) is 0 Å². The predicted octanol–water partition coefficient (Wildman–Crippen LogP) is 2.16. The third kappa shape index (κ3) is 2.67. The Labute approximate surface area is 96.0 Å². The maximum Gasteiger partial charge on any atom is 0.122 e. The number of ether oxygens (including phenoxy) is 2. The zero-order valence-electron chi connectivity index (χ0n) is 9.82. The molecule has 0 heterocycles. The van der Waals surface area contributed by atoms with Crippen molar-refractivity contribution in [3.8, 4) is 11.5 Å². The maximum atomic E-state index is 9.78. The Balaban J connectivity index is 2.06. The molecule has 1 fully saturated rings. The summed E-state index contributed by atoms with van der Waals surface area (Å²) >= 11 is 0. The molecular formula is C13H18O3. The first-order valence-corrected chi connectivity index (χ1v) is 5.59. The highest BCUT2D eigenvalue weighted by molar-refractivity contribution is 5.38. The molecule has 0 amide bonds. The van der Waals surface area contributed by atoms with Gasteiger partial charge in [-0.1, -0.05) is 0 Å². The van der Waals surface area contributed by atoms with Gasteiger partial charge in [0.2, 0.25) is 0 Å². The van der Waals surface area contributed by atoms with Crippen molar-refractivity contribution in [1.82, 2.24) is 0 Å². The van der Waals surface area contributed by atoms with Crippen molar-refractivity contribution in [2.45, 2.75) is 31.3 Å². The number of aliphatic hydroxyl groups is 1. The van der Waals surface area contributed by atoms with Crippen molar-refractivity contribution < 1.29 is 14.6 Å². The van der Waals surface area contributed by atoms with E-state index < -0.39 is 5.60 Å². The normalized spacial score (nSPS) is 16.9. The lowest BCUT2D eigenvalue weighted by atomic mass is 10.1. The Hall–Kier alpha value is -1.22. The van der Waals surface area contributed by atoms with E-state index in [4.69, 9.17) is 9.47 Å². The molecule has 0 aliphatic heterocycles. The Bertz CT molecular complexity index is 347. The largest absolute Gasteiger partial charge is 0.497 e. The zero-order chi connectivity index (χ0) is 11.6. The first-order valence-electron chi connectivity index (χ1n) is 5.59. The fourth-order valence-electron chi connectivity index (χ4n) is 1.78. The van der Waals surface area contributed by atoms with Crippen molar-refractivity contribution in [1.29, 1.82) is 0 Å². The van der Waals surface area contributed by atoms with Crippen molar-refractivity contribution in [3.63, 3.8) is 0 Å². The van der Waals surface area contributed by atoms with E-state index in [1.807, 2.05) is 18.2 Å². The van der Waals surface area contributed by atoms with Crippen LogP contribution in [-0.2, 0) is 6.42 Å². The average molecular weight is 222 g/mol. The standard InChI is InChI=1S/C13H18O3/c1-15-11-7-10(8-12(9-11)16-2)3-4-13(14)5-6-13/h7-9,14H,3-6H2,1-2H3. The molecule has 1 aromatic rings. The Morgan fingerprint density at radius 3 is 2.12 bits per heavy atom. The highest BCUT2D eigenvalue weighted by atomic mass is 16.5. The fourth-order valence-corrected chi connectivity index (χ4v) is 1.78. The number of rotatable bonds is 5. The van der Waals surface area contributed by atoms with Crippen LogP contribution in [-0.4, -0.2) is 24.9 Å². The van der Waals surface area contributed by atoms with Gasteiger partial charge in [-0.2, -0.15) is 0 Å². The van der Waals surface area contributed by atoms with E-state index in [0.717, 1.165) is 42.7 Å². The van der Waals surface area contributed by atoms with Crippen LogP contribution in [0.4, 0.5) is 0 Å². The minimum atomic E-state index is -0.393. The molecular weight excluding hydrogens is 204 g/mol. The minimum Gasteiger partial charge on any atom is -0.497 e. The second-order valence-electron chi connectivity index (χ2n) is 4.45. The molecule has 3 heteroatoms. The van der Waals surface area contributed by atoms with Gasteiger partial charge in [0.1, 0.15) is 11.5 Å². The highest BCUT2D eigenvalue weighted by Crippen LogP contribution is 2.39. The summed E-state index contributed by atoms with van der Waals surface area (Å²) in [4.78, 5) is 0. The van der Waals surface area contributed by atoms with Crippen molar-refractivity contribution >= 4 is 0 Å². The smallest absolute Gasteiger partial charge is 0.122 e. The lowest BCUT2D eigenvalue weighted by molar-refractivity contribution is 0.140. The van der Waals surface area contributed by atoms with Crippen LogP contribution in [0.1, 0.15) is 24.8 Å². The van der Waals surface area contributed by atoms with Gasteiger partial charge in [0.05, 0.1) is 19.8 Å². The van der Waals surface area contributed by atoms with Gasteiger partial charge in [-0.15, -0.1) is 0 Å². The molecule has 0 spiro atoms. The summed E-state index contributed by atoms with van der Waals surface area (Å²) in [5, 5.41) is 9.78. The van der Waals surface area contributed by atoms with E-state index in [1.54, 1.807) is 14.2 Å². The summed E-state index contributed by atoms with van der Waals surface area (Å²) in [6.07, 6.45) is 3.57. The topological polar surface area (TPSA) is 38.7 Å². The zero-order valence-corrected chi connectivity index (χ0v) is 9.82. The summed E-state index contributed by atoms with van der Waals surface area (Å²) < 4.78 is 10.4. The molecule has 0 atom stereocenters. The van der Waals surface area contributed by atoms with Gasteiger partial charge in [0.15, 0.2) is 0 Å². The Morgan fingerprint density at radius 1 is 1.12 bits per heavy atom. The van der Waals surface area contributed by atoms with E-state index in [-0.39, 0.29) is 0 Å². The van der Waals surface area contributed by atoms with E-state index in [0.29, 0.717) is 0 Å². The average Bonchev–Trinajstić information content (AvgIpc) is 3.05. The van der Waals surface area contributed by atoms with E-state index in [2.05, 4.69) is 0 Å². The summed E-state index contributed by atoms with van der Waals surface area (Å²) in [7, 11) is 3.29. The van der Waals surface area contributed by atoms with Crippen LogP contribution in [0.25, 0.3) is 0 Å². The quantitative estimate of drug-likeness (QED) is 0.829. The highest BCUT2D eigenvalue weighted by Gasteiger charge is 2.39. The van der Waals surface area contributed by atoms with E-state index in [9.17, 15) is 5.11 Å². The molecule has 0 unspecified atom stereocenters. The van der Waals surface area contributed by atoms with Crippen molar-refractivity contribution in [2.24, 2.45) is 0 Å². The molecule has 1 aliphatic carbocycles. The fraction of sp³-hybridized carbons (Fsp3) is 0.538. The molecule has 1 aromatic carbocycles. The second kappa shape index (κ2) is 4.34. The van der Waals surface area contributed by atoms with Crippen molar-refractivity contribution in [3.05, 3.63) is 23.8 Å². The molecule has 1 saturated carbocycles. The second-order valence-corrected chi connectivity index (χ2v) is 4.45. The molecule has 2 rings (SSSR count). The van der Waals surface area contributed by atoms with Crippen LogP contribution >= 0.6 is 0 Å². The number of benzene rings is 1. The number of hydrogen-bond donors (Lipinski definition) is 1. The number of hydrogen-bond acceptors (Lipinski definition) is 3.